The Labute approximate surface area is 174 Å². The van der Waals surface area contributed by atoms with Crippen LogP contribution in [0.3, 0.4) is 0 Å². The van der Waals surface area contributed by atoms with Crippen LogP contribution in [-0.4, -0.2) is 16.4 Å². The molecule has 152 valence electrons. The number of rotatable bonds is 6. The van der Waals surface area contributed by atoms with Gasteiger partial charge in [-0.25, -0.2) is 0 Å². The van der Waals surface area contributed by atoms with Gasteiger partial charge in [0.25, 0.3) is 11.8 Å². The molecule has 4 rings (SSSR count). The number of fused-ring (bicyclic) bond motifs is 1. The van der Waals surface area contributed by atoms with E-state index >= 15 is 0 Å². The van der Waals surface area contributed by atoms with E-state index in [4.69, 9.17) is 4.42 Å². The molecule has 0 saturated heterocycles. The van der Waals surface area contributed by atoms with Gasteiger partial charge >= 0.3 is 0 Å². The van der Waals surface area contributed by atoms with Crippen LogP contribution in [0.2, 0.25) is 0 Å². The van der Waals surface area contributed by atoms with Crippen LogP contribution >= 0.6 is 0 Å². The maximum absolute atomic E-state index is 12.7. The van der Waals surface area contributed by atoms with Crippen LogP contribution in [0.5, 0.6) is 0 Å². The highest BCUT2D eigenvalue weighted by Crippen LogP contribution is 2.24. The molecule has 6 nitrogen and oxygen atoms in total. The molecule has 0 aliphatic carbocycles. The minimum Gasteiger partial charge on any atom is -0.467 e. The minimum absolute atomic E-state index is 0.166. The highest BCUT2D eigenvalue weighted by molar-refractivity contribution is 6.06. The van der Waals surface area contributed by atoms with Crippen molar-refractivity contribution in [2.24, 2.45) is 0 Å². The normalized spacial score (nSPS) is 10.9. The number of hydrogen-bond donors (Lipinski definition) is 2. The quantitative estimate of drug-likeness (QED) is 0.490. The van der Waals surface area contributed by atoms with Crippen LogP contribution in [0.15, 0.2) is 71.3 Å². The number of benzene rings is 2. The topological polar surface area (TPSA) is 76.3 Å². The monoisotopic (exact) mass is 401 g/mol. The van der Waals surface area contributed by atoms with Gasteiger partial charge in [-0.1, -0.05) is 17.7 Å². The number of furan rings is 1. The second-order valence-electron chi connectivity index (χ2n) is 7.13. The highest BCUT2D eigenvalue weighted by atomic mass is 16.3. The summed E-state index contributed by atoms with van der Waals surface area (Å²) in [7, 11) is 0. The summed E-state index contributed by atoms with van der Waals surface area (Å²) < 4.78 is 7.23. The largest absolute Gasteiger partial charge is 0.467 e. The van der Waals surface area contributed by atoms with Crippen molar-refractivity contribution in [2.45, 2.75) is 26.9 Å². The summed E-state index contributed by atoms with van der Waals surface area (Å²) in [4.78, 5) is 25.2. The molecular weight excluding hydrogens is 378 g/mol. The Morgan fingerprint density at radius 3 is 2.50 bits per heavy atom. The van der Waals surface area contributed by atoms with Gasteiger partial charge in [0.2, 0.25) is 0 Å². The molecule has 2 N–H and O–H groups in total. The number of hydrogen-bond acceptors (Lipinski definition) is 3. The van der Waals surface area contributed by atoms with E-state index in [1.807, 2.05) is 60.9 Å². The number of nitrogens with one attached hydrogen (secondary N) is 2. The molecule has 4 aromatic rings. The zero-order valence-corrected chi connectivity index (χ0v) is 16.9. The summed E-state index contributed by atoms with van der Waals surface area (Å²) in [5.74, 6) is 0.360. The summed E-state index contributed by atoms with van der Waals surface area (Å²) in [6.07, 6.45) is 1.58. The number of aryl methyl sites for hydroxylation is 2. The molecule has 0 bridgehead atoms. The maximum Gasteiger partial charge on any atom is 0.268 e. The maximum atomic E-state index is 12.7. The standard InChI is InChI=1S/C24H23N3O3/c1-3-27-21-11-10-19(26-23(28)17-8-6-16(2)7-9-17)13-18(21)14-22(27)24(29)25-15-20-5-4-12-30-20/h4-14H,3,15H2,1-2H3,(H,25,29)(H,26,28). The van der Waals surface area contributed by atoms with Crippen molar-refractivity contribution in [3.63, 3.8) is 0 Å². The summed E-state index contributed by atoms with van der Waals surface area (Å²) in [6, 6.07) is 18.5. The van der Waals surface area contributed by atoms with Gasteiger partial charge in [0.15, 0.2) is 0 Å². The van der Waals surface area contributed by atoms with Crippen LogP contribution < -0.4 is 10.6 Å². The van der Waals surface area contributed by atoms with E-state index in [9.17, 15) is 9.59 Å². The van der Waals surface area contributed by atoms with Gasteiger partial charge in [0.05, 0.1) is 12.8 Å². The number of nitrogens with zero attached hydrogens (tertiary/aromatic N) is 1. The first kappa shape index (κ1) is 19.5. The molecule has 2 aromatic carbocycles. The summed E-state index contributed by atoms with van der Waals surface area (Å²) in [6.45, 7) is 4.96. The van der Waals surface area contributed by atoms with Crippen LogP contribution in [0.4, 0.5) is 5.69 Å². The minimum atomic E-state index is -0.172. The Morgan fingerprint density at radius 2 is 1.80 bits per heavy atom. The third-order valence-electron chi connectivity index (χ3n) is 5.03. The predicted molar refractivity (Wildman–Crippen MR) is 117 cm³/mol. The predicted octanol–water partition coefficient (Wildman–Crippen LogP) is 4.74. The average Bonchev–Trinajstić information content (AvgIpc) is 3.39. The molecule has 2 aromatic heterocycles. The van der Waals surface area contributed by atoms with Crippen molar-refractivity contribution in [3.05, 3.63) is 89.5 Å². The number of amides is 2. The molecule has 2 amide bonds. The van der Waals surface area contributed by atoms with E-state index in [0.29, 0.717) is 35.8 Å². The number of anilines is 1. The molecular formula is C24H23N3O3. The van der Waals surface area contributed by atoms with E-state index in [1.54, 1.807) is 24.5 Å². The second-order valence-corrected chi connectivity index (χ2v) is 7.13. The van der Waals surface area contributed by atoms with Crippen LogP contribution in [0, 0.1) is 6.92 Å². The Morgan fingerprint density at radius 1 is 1.00 bits per heavy atom. The van der Waals surface area contributed by atoms with Crippen LogP contribution in [0.25, 0.3) is 10.9 Å². The molecule has 6 heteroatoms. The summed E-state index contributed by atoms with van der Waals surface area (Å²) in [5.41, 5.74) is 3.90. The third-order valence-corrected chi connectivity index (χ3v) is 5.03. The Balaban J connectivity index is 1.56. The fourth-order valence-corrected chi connectivity index (χ4v) is 3.46. The molecule has 30 heavy (non-hydrogen) atoms. The lowest BCUT2D eigenvalue weighted by molar-refractivity contribution is 0.0938. The van der Waals surface area contributed by atoms with E-state index < -0.39 is 0 Å². The number of aromatic nitrogens is 1. The van der Waals surface area contributed by atoms with E-state index in [-0.39, 0.29) is 11.8 Å². The Kier molecular flexibility index (Phi) is 5.39. The van der Waals surface area contributed by atoms with Crippen molar-refractivity contribution in [1.82, 2.24) is 9.88 Å². The average molecular weight is 401 g/mol. The van der Waals surface area contributed by atoms with E-state index in [0.717, 1.165) is 16.5 Å². The van der Waals surface area contributed by atoms with Gasteiger partial charge in [-0.2, -0.15) is 0 Å². The Hall–Kier alpha value is -3.80. The summed E-state index contributed by atoms with van der Waals surface area (Å²) >= 11 is 0. The first-order valence-electron chi connectivity index (χ1n) is 9.87. The lowest BCUT2D eigenvalue weighted by Gasteiger charge is -2.09. The third kappa shape index (κ3) is 3.98. The zero-order valence-electron chi connectivity index (χ0n) is 16.9. The number of carbonyl (C=O) groups is 2. The van der Waals surface area contributed by atoms with E-state index in [2.05, 4.69) is 10.6 Å². The molecule has 0 atom stereocenters. The molecule has 0 fully saturated rings. The van der Waals surface area contributed by atoms with Gasteiger partial charge in [-0.3, -0.25) is 9.59 Å². The smallest absolute Gasteiger partial charge is 0.268 e. The van der Waals surface area contributed by atoms with Crippen molar-refractivity contribution in [1.29, 1.82) is 0 Å². The SMILES string of the molecule is CCn1c(C(=O)NCc2ccco2)cc2cc(NC(=O)c3ccc(C)cc3)ccc21. The van der Waals surface area contributed by atoms with Gasteiger partial charge in [0.1, 0.15) is 11.5 Å². The summed E-state index contributed by atoms with van der Waals surface area (Å²) in [5, 5.41) is 6.71. The molecule has 0 aliphatic heterocycles. The fraction of sp³-hybridized carbons (Fsp3) is 0.167. The van der Waals surface area contributed by atoms with E-state index in [1.165, 1.54) is 0 Å². The molecule has 0 saturated carbocycles. The lowest BCUT2D eigenvalue weighted by Crippen LogP contribution is -2.25. The van der Waals surface area contributed by atoms with Gasteiger partial charge in [0, 0.05) is 28.7 Å². The molecule has 0 radical (unpaired) electrons. The van der Waals surface area contributed by atoms with Crippen molar-refractivity contribution in [2.75, 3.05) is 5.32 Å². The molecule has 0 spiro atoms. The van der Waals surface area contributed by atoms with Gasteiger partial charge in [-0.15, -0.1) is 0 Å². The highest BCUT2D eigenvalue weighted by Gasteiger charge is 2.16. The first-order valence-corrected chi connectivity index (χ1v) is 9.87. The number of carbonyl (C=O) groups excluding carboxylic acids is 2. The fourth-order valence-electron chi connectivity index (χ4n) is 3.46. The first-order chi connectivity index (χ1) is 14.5. The van der Waals surface area contributed by atoms with Gasteiger partial charge < -0.3 is 19.6 Å². The molecule has 0 unspecified atom stereocenters. The van der Waals surface area contributed by atoms with Crippen molar-refractivity contribution < 1.29 is 14.0 Å². The van der Waals surface area contributed by atoms with Crippen LogP contribution in [0.1, 0.15) is 39.1 Å². The molecule has 0 aliphatic rings. The zero-order chi connectivity index (χ0) is 21.1. The lowest BCUT2D eigenvalue weighted by atomic mass is 10.1. The van der Waals surface area contributed by atoms with Crippen molar-refractivity contribution in [3.8, 4) is 0 Å². The van der Waals surface area contributed by atoms with Crippen LogP contribution in [-0.2, 0) is 13.1 Å². The van der Waals surface area contributed by atoms with Gasteiger partial charge in [-0.05, 0) is 62.4 Å². The molecule has 2 heterocycles. The second kappa shape index (κ2) is 8.29. The Bertz CT molecular complexity index is 1190. The van der Waals surface area contributed by atoms with Crippen molar-refractivity contribution >= 4 is 28.4 Å².